The second kappa shape index (κ2) is 42.3. The summed E-state index contributed by atoms with van der Waals surface area (Å²) in [6, 6.07) is 0. The SMILES string of the molecule is C[S-].[CH3-].[SH-].[U+3]. The fourth-order valence-electron chi connectivity index (χ4n) is 0. The summed E-state index contributed by atoms with van der Waals surface area (Å²) in [5.74, 6) is 0. The smallest absolute Gasteiger partial charge is 0.813 e. The molecule has 0 aromatic heterocycles. The van der Waals surface area contributed by atoms with E-state index in [1.807, 2.05) is 0 Å². The van der Waals surface area contributed by atoms with Gasteiger partial charge in [-0.3, -0.25) is 0 Å². The van der Waals surface area contributed by atoms with Crippen molar-refractivity contribution >= 4 is 26.1 Å². The van der Waals surface area contributed by atoms with Crippen molar-refractivity contribution in [3.63, 3.8) is 0 Å². The Kier molecular flexibility index (Phi) is 250. The minimum atomic E-state index is 0. The van der Waals surface area contributed by atoms with Gasteiger partial charge in [0.25, 0.3) is 0 Å². The van der Waals surface area contributed by atoms with E-state index in [0.29, 0.717) is 0 Å². The van der Waals surface area contributed by atoms with Gasteiger partial charge in [-0.1, -0.05) is 0 Å². The summed E-state index contributed by atoms with van der Waals surface area (Å²) in [6.45, 7) is 0. The van der Waals surface area contributed by atoms with Crippen LogP contribution in [0.4, 0.5) is 0 Å². The van der Waals surface area contributed by atoms with Crippen LogP contribution in [0.2, 0.25) is 0 Å². The molecule has 0 N–H and O–H groups in total. The average Bonchev–Trinajstić information content (AvgIpc) is 1.00. The Balaban J connectivity index is -0.00000000167. The molecule has 0 fully saturated rings. The van der Waals surface area contributed by atoms with E-state index in [0.717, 1.165) is 0 Å². The molecule has 0 nitrogen and oxygen atoms in total. The minimum absolute atomic E-state index is 0. The molecule has 3 heteroatoms. The van der Waals surface area contributed by atoms with E-state index in [-0.39, 0.29) is 52.0 Å². The Morgan fingerprint density at radius 3 is 1.20 bits per heavy atom. The average molecular weight is 333 g/mol. The van der Waals surface area contributed by atoms with Gasteiger partial charge in [0.1, 0.15) is 0 Å². The van der Waals surface area contributed by atoms with E-state index in [2.05, 4.69) is 12.6 Å². The molecule has 0 saturated heterocycles. The third-order valence-corrected chi connectivity index (χ3v) is 0. The molecule has 0 saturated carbocycles. The first-order valence-corrected chi connectivity index (χ1v) is 1.22. The summed E-state index contributed by atoms with van der Waals surface area (Å²) < 4.78 is 0. The van der Waals surface area contributed by atoms with Crippen molar-refractivity contribution in [3.8, 4) is 0 Å². The van der Waals surface area contributed by atoms with Gasteiger partial charge in [0.05, 0.1) is 0 Å². The van der Waals surface area contributed by atoms with Crippen molar-refractivity contribution in [2.75, 3.05) is 6.26 Å². The van der Waals surface area contributed by atoms with E-state index in [1.54, 1.807) is 6.26 Å². The van der Waals surface area contributed by atoms with Crippen LogP contribution in [0.15, 0.2) is 0 Å². The van der Waals surface area contributed by atoms with Crippen molar-refractivity contribution < 1.29 is 31.1 Å². The van der Waals surface area contributed by atoms with Crippen LogP contribution < -0.4 is 0 Å². The molecule has 0 bridgehead atoms. The van der Waals surface area contributed by atoms with Gasteiger partial charge in [-0.15, -0.1) is 0 Å². The molecule has 0 amide bonds. The van der Waals surface area contributed by atoms with Gasteiger partial charge in [0, 0.05) is 0 Å². The zero-order valence-electron chi connectivity index (χ0n) is 3.36. The Morgan fingerprint density at radius 1 is 1.20 bits per heavy atom. The van der Waals surface area contributed by atoms with E-state index in [9.17, 15) is 0 Å². The monoisotopic (exact) mass is 333 g/mol. The van der Waals surface area contributed by atoms with Gasteiger partial charge in [0.2, 0.25) is 0 Å². The molecular weight excluding hydrogens is 326 g/mol. The quantitative estimate of drug-likeness (QED) is 0.356. The first kappa shape index (κ1) is 29.5. The second-order valence-electron chi connectivity index (χ2n) is 0. The number of rotatable bonds is 0. The predicted octanol–water partition coefficient (Wildman–Crippen LogP) is 0.343. The van der Waals surface area contributed by atoms with Crippen molar-refractivity contribution in [2.24, 2.45) is 0 Å². The first-order valence-electron chi connectivity index (χ1n) is 0.408. The van der Waals surface area contributed by atoms with Gasteiger partial charge in [-0.25, -0.2) is 0 Å². The van der Waals surface area contributed by atoms with E-state index < -0.39 is 0 Å². The van der Waals surface area contributed by atoms with Crippen LogP contribution in [0.3, 0.4) is 0 Å². The van der Waals surface area contributed by atoms with Gasteiger partial charge >= 0.3 is 31.1 Å². The molecule has 0 aromatic carbocycles. The molecule has 0 aliphatic carbocycles. The van der Waals surface area contributed by atoms with Crippen LogP contribution in [-0.2, 0) is 26.1 Å². The van der Waals surface area contributed by atoms with Gasteiger partial charge < -0.3 is 33.6 Å². The van der Waals surface area contributed by atoms with Crippen LogP contribution in [0.1, 0.15) is 0 Å². The van der Waals surface area contributed by atoms with E-state index in [4.69, 9.17) is 0 Å². The van der Waals surface area contributed by atoms with Crippen molar-refractivity contribution in [2.45, 2.75) is 0 Å². The molecule has 5 heavy (non-hydrogen) atoms. The summed E-state index contributed by atoms with van der Waals surface area (Å²) in [4.78, 5) is 0. The minimum Gasteiger partial charge on any atom is -0.813 e. The fourth-order valence-corrected chi connectivity index (χ4v) is 0. The van der Waals surface area contributed by atoms with Crippen molar-refractivity contribution in [1.29, 1.82) is 0 Å². The summed E-state index contributed by atoms with van der Waals surface area (Å²) in [5, 5.41) is 0. The summed E-state index contributed by atoms with van der Waals surface area (Å²) >= 11 is 4.08. The topological polar surface area (TPSA) is 0 Å². The van der Waals surface area contributed by atoms with Crippen LogP contribution >= 0.6 is 0 Å². The molecule has 0 aliphatic rings. The molecule has 0 aromatic rings. The third-order valence-electron chi connectivity index (χ3n) is 0. The Morgan fingerprint density at radius 2 is 1.20 bits per heavy atom. The van der Waals surface area contributed by atoms with Crippen LogP contribution in [0, 0.1) is 38.5 Å². The molecule has 0 aliphatic heterocycles. The van der Waals surface area contributed by atoms with Crippen LogP contribution in [-0.4, -0.2) is 6.26 Å². The molecule has 0 unspecified atom stereocenters. The predicted molar refractivity (Wildman–Crippen MR) is 28.5 cm³/mol. The number of hydrogen-bond acceptors (Lipinski definition) is 2. The Bertz CT molecular complexity index is 7.61. The standard InChI is InChI=1S/CH4S.CH3.H2S.U/c1-2;;;/h2H,1H3;1H3;1H2;/q;-1;;+3/p-2. The van der Waals surface area contributed by atoms with Crippen LogP contribution in [0.5, 0.6) is 0 Å². The molecule has 0 rings (SSSR count). The Hall–Kier alpha value is 1.75. The second-order valence-corrected chi connectivity index (χ2v) is 0. The largest absolute Gasteiger partial charge is 3.00 e. The van der Waals surface area contributed by atoms with Gasteiger partial charge in [-0.2, -0.15) is 6.26 Å². The normalized spacial score (nSPS) is 1.20. The zero-order valence-corrected chi connectivity index (χ0v) is 9.23. The molecule has 0 heterocycles. The maximum absolute atomic E-state index is 4.08. The summed E-state index contributed by atoms with van der Waals surface area (Å²) in [6.07, 6.45) is 1.58. The van der Waals surface area contributed by atoms with Gasteiger partial charge in [0.15, 0.2) is 0 Å². The van der Waals surface area contributed by atoms with E-state index in [1.165, 1.54) is 0 Å². The summed E-state index contributed by atoms with van der Waals surface area (Å²) in [5.41, 5.74) is 0. The molecular formula is C2H7S2U. The molecule has 0 spiro atoms. The molecule has 1 radical (unpaired) electrons. The number of thiol groups is 1. The van der Waals surface area contributed by atoms with Crippen LogP contribution in [0.25, 0.3) is 0 Å². The number of hydrogen-bond donors (Lipinski definition) is 0. The molecule has 0 atom stereocenters. The van der Waals surface area contributed by atoms with Gasteiger partial charge in [-0.05, 0) is 0 Å². The maximum Gasteiger partial charge on any atom is 3.00 e. The Labute approximate surface area is 70.3 Å². The summed E-state index contributed by atoms with van der Waals surface area (Å²) in [7, 11) is 0. The van der Waals surface area contributed by atoms with E-state index >= 15 is 0 Å². The molecule has 31 valence electrons. The van der Waals surface area contributed by atoms with Crippen molar-refractivity contribution in [1.82, 2.24) is 0 Å². The van der Waals surface area contributed by atoms with Crippen molar-refractivity contribution in [3.05, 3.63) is 7.43 Å². The fraction of sp³-hybridized carbons (Fsp3) is 0.500. The zero-order chi connectivity index (χ0) is 2.00. The first-order chi connectivity index (χ1) is 1.00. The third kappa shape index (κ3) is 26.4. The maximum atomic E-state index is 4.08.